The fourth-order valence-corrected chi connectivity index (χ4v) is 6.43. The molecule has 2 aromatic carbocycles. The van der Waals surface area contributed by atoms with Crippen molar-refractivity contribution in [3.05, 3.63) is 71.8 Å². The van der Waals surface area contributed by atoms with Crippen molar-refractivity contribution in [1.29, 1.82) is 0 Å². The van der Waals surface area contributed by atoms with Gasteiger partial charge >= 0.3 is 0 Å². The highest BCUT2D eigenvalue weighted by molar-refractivity contribution is 5.27. The van der Waals surface area contributed by atoms with Crippen LogP contribution < -0.4 is 0 Å². The van der Waals surface area contributed by atoms with E-state index < -0.39 is 11.2 Å². The topological polar surface area (TPSA) is 40.5 Å². The maximum Gasteiger partial charge on any atom is 0.0739 e. The van der Waals surface area contributed by atoms with Gasteiger partial charge in [0.05, 0.1) is 11.2 Å². The first-order valence-electron chi connectivity index (χ1n) is 11.0. The van der Waals surface area contributed by atoms with Crippen LogP contribution in [0.25, 0.3) is 0 Å². The highest BCUT2D eigenvalue weighted by Crippen LogP contribution is 2.56. The lowest BCUT2D eigenvalue weighted by Crippen LogP contribution is -2.55. The molecule has 28 heavy (non-hydrogen) atoms. The van der Waals surface area contributed by atoms with E-state index in [-0.39, 0.29) is 23.7 Å². The van der Waals surface area contributed by atoms with Crippen LogP contribution in [0.15, 0.2) is 60.7 Å². The van der Waals surface area contributed by atoms with E-state index in [1.165, 1.54) is 12.0 Å². The standard InChI is InChI=1S/C26H34O2/c1-19-24(21-12-7-4-8-13-21)25(2,27)17-16-22-14-9-15-23(26(19,22)28)18-20-10-5-3-6-11-20/h3-8,10-13,19,22-24,27-28H,9,14-18H2,1-2H3/t19-,22-,23+,24-,25+,26+/m1/s1. The predicted molar refractivity (Wildman–Crippen MR) is 114 cm³/mol. The van der Waals surface area contributed by atoms with Gasteiger partial charge in [0.15, 0.2) is 0 Å². The molecule has 0 saturated heterocycles. The first-order valence-corrected chi connectivity index (χ1v) is 11.0. The summed E-state index contributed by atoms with van der Waals surface area (Å²) < 4.78 is 0. The second-order valence-electron chi connectivity index (χ2n) is 9.47. The van der Waals surface area contributed by atoms with Crippen molar-refractivity contribution in [1.82, 2.24) is 0 Å². The maximum atomic E-state index is 12.3. The second-order valence-corrected chi connectivity index (χ2v) is 9.47. The molecule has 6 atom stereocenters. The van der Waals surface area contributed by atoms with Gasteiger partial charge in [0.25, 0.3) is 0 Å². The third kappa shape index (κ3) is 3.42. The molecule has 0 aromatic heterocycles. The highest BCUT2D eigenvalue weighted by atomic mass is 16.3. The lowest BCUT2D eigenvalue weighted by molar-refractivity contribution is -0.141. The lowest BCUT2D eigenvalue weighted by Gasteiger charge is -2.51. The minimum atomic E-state index is -0.800. The SMILES string of the molecule is C[C@@H]1[C@H](c2ccccc2)[C@@](C)(O)CC[C@H]2CCC[C@@H](Cc3ccccc3)[C@@]21O. The summed E-state index contributed by atoms with van der Waals surface area (Å²) >= 11 is 0. The smallest absolute Gasteiger partial charge is 0.0739 e. The van der Waals surface area contributed by atoms with Gasteiger partial charge in [0.2, 0.25) is 0 Å². The zero-order chi connectivity index (χ0) is 19.8. The van der Waals surface area contributed by atoms with Crippen LogP contribution >= 0.6 is 0 Å². The number of hydrogen-bond acceptors (Lipinski definition) is 2. The molecule has 0 bridgehead atoms. The van der Waals surface area contributed by atoms with E-state index in [1.807, 2.05) is 25.1 Å². The number of hydrogen-bond donors (Lipinski definition) is 2. The molecular formula is C26H34O2. The van der Waals surface area contributed by atoms with Crippen LogP contribution in [0.1, 0.15) is 63.0 Å². The van der Waals surface area contributed by atoms with Crippen molar-refractivity contribution in [3.8, 4) is 0 Å². The van der Waals surface area contributed by atoms with E-state index in [9.17, 15) is 10.2 Å². The van der Waals surface area contributed by atoms with Crippen LogP contribution in [0.4, 0.5) is 0 Å². The number of rotatable bonds is 3. The molecule has 2 saturated carbocycles. The van der Waals surface area contributed by atoms with Crippen LogP contribution in [0.5, 0.6) is 0 Å². The Balaban J connectivity index is 1.74. The maximum absolute atomic E-state index is 12.3. The van der Waals surface area contributed by atoms with Gasteiger partial charge in [0, 0.05) is 5.92 Å². The first-order chi connectivity index (χ1) is 13.4. The van der Waals surface area contributed by atoms with Gasteiger partial charge in [-0.25, -0.2) is 0 Å². The van der Waals surface area contributed by atoms with Gasteiger partial charge in [-0.1, -0.05) is 74.0 Å². The molecule has 2 fully saturated rings. The molecule has 2 aliphatic carbocycles. The van der Waals surface area contributed by atoms with Crippen LogP contribution in [0, 0.1) is 17.8 Å². The van der Waals surface area contributed by atoms with Crippen LogP contribution in [-0.2, 0) is 6.42 Å². The molecule has 2 nitrogen and oxygen atoms in total. The average Bonchev–Trinajstić information content (AvgIpc) is 2.77. The molecule has 4 rings (SSSR count). The summed E-state index contributed by atoms with van der Waals surface area (Å²) in [7, 11) is 0. The van der Waals surface area contributed by atoms with E-state index >= 15 is 0 Å². The molecule has 0 unspecified atom stereocenters. The predicted octanol–water partition coefficient (Wildman–Crippen LogP) is 5.34. The van der Waals surface area contributed by atoms with Crippen molar-refractivity contribution in [2.45, 2.75) is 69.5 Å². The monoisotopic (exact) mass is 378 g/mol. The number of fused-ring (bicyclic) bond motifs is 1. The quantitative estimate of drug-likeness (QED) is 0.757. The molecule has 0 amide bonds. The molecular weight excluding hydrogens is 344 g/mol. The Hall–Kier alpha value is -1.64. The van der Waals surface area contributed by atoms with E-state index in [0.29, 0.717) is 0 Å². The molecule has 0 radical (unpaired) electrons. The minimum absolute atomic E-state index is 0.00594. The largest absolute Gasteiger partial charge is 0.390 e. The van der Waals surface area contributed by atoms with Gasteiger partial charge < -0.3 is 10.2 Å². The summed E-state index contributed by atoms with van der Waals surface area (Å²) in [5.41, 5.74) is 0.916. The molecule has 2 N–H and O–H groups in total. The Morgan fingerprint density at radius 3 is 2.21 bits per heavy atom. The molecule has 2 heteroatoms. The summed E-state index contributed by atoms with van der Waals surface area (Å²) in [5, 5.41) is 23.8. The highest BCUT2D eigenvalue weighted by Gasteiger charge is 2.56. The molecule has 0 aliphatic heterocycles. The second kappa shape index (κ2) is 7.65. The van der Waals surface area contributed by atoms with Crippen molar-refractivity contribution in [2.24, 2.45) is 17.8 Å². The minimum Gasteiger partial charge on any atom is -0.390 e. The van der Waals surface area contributed by atoms with Gasteiger partial charge in [-0.2, -0.15) is 0 Å². The summed E-state index contributed by atoms with van der Waals surface area (Å²) in [6, 6.07) is 21.0. The van der Waals surface area contributed by atoms with Gasteiger partial charge in [-0.3, -0.25) is 0 Å². The fraction of sp³-hybridized carbons (Fsp3) is 0.538. The van der Waals surface area contributed by atoms with E-state index in [0.717, 1.165) is 37.7 Å². The summed E-state index contributed by atoms with van der Waals surface area (Å²) in [5.74, 6) is 0.459. The summed E-state index contributed by atoms with van der Waals surface area (Å²) in [6.07, 6.45) is 5.89. The Morgan fingerprint density at radius 1 is 0.893 bits per heavy atom. The van der Waals surface area contributed by atoms with Gasteiger partial charge in [0.1, 0.15) is 0 Å². The van der Waals surface area contributed by atoms with Gasteiger partial charge in [-0.05, 0) is 67.9 Å². The lowest BCUT2D eigenvalue weighted by atomic mass is 9.58. The Morgan fingerprint density at radius 2 is 1.54 bits per heavy atom. The van der Waals surface area contributed by atoms with E-state index in [1.54, 1.807) is 0 Å². The van der Waals surface area contributed by atoms with Crippen LogP contribution in [-0.4, -0.2) is 21.4 Å². The van der Waals surface area contributed by atoms with Crippen molar-refractivity contribution in [3.63, 3.8) is 0 Å². The van der Waals surface area contributed by atoms with Gasteiger partial charge in [-0.15, -0.1) is 0 Å². The first kappa shape index (κ1) is 19.7. The van der Waals surface area contributed by atoms with E-state index in [2.05, 4.69) is 49.4 Å². The molecule has 2 aromatic rings. The Labute approximate surface area is 169 Å². The Bertz CT molecular complexity index is 770. The number of benzene rings is 2. The average molecular weight is 379 g/mol. The molecule has 150 valence electrons. The fourth-order valence-electron chi connectivity index (χ4n) is 6.43. The Kier molecular flexibility index (Phi) is 5.37. The van der Waals surface area contributed by atoms with Crippen LogP contribution in [0.2, 0.25) is 0 Å². The van der Waals surface area contributed by atoms with E-state index in [4.69, 9.17) is 0 Å². The summed E-state index contributed by atoms with van der Waals surface area (Å²) in [6.45, 7) is 4.17. The third-order valence-corrected chi connectivity index (χ3v) is 7.80. The van der Waals surface area contributed by atoms with Crippen molar-refractivity contribution >= 4 is 0 Å². The molecule has 0 spiro atoms. The van der Waals surface area contributed by atoms with Crippen molar-refractivity contribution in [2.75, 3.05) is 0 Å². The normalized spacial score (nSPS) is 38.4. The molecule has 2 aliphatic rings. The summed E-state index contributed by atoms with van der Waals surface area (Å²) in [4.78, 5) is 0. The third-order valence-electron chi connectivity index (χ3n) is 7.80. The molecule has 0 heterocycles. The van der Waals surface area contributed by atoms with Crippen LogP contribution in [0.3, 0.4) is 0 Å². The zero-order valence-electron chi connectivity index (χ0n) is 17.2. The van der Waals surface area contributed by atoms with Crippen molar-refractivity contribution < 1.29 is 10.2 Å². The number of aliphatic hydroxyl groups is 2. The zero-order valence-corrected chi connectivity index (χ0v) is 17.2.